The van der Waals surface area contributed by atoms with Crippen molar-refractivity contribution in [1.82, 2.24) is 0 Å². The van der Waals surface area contributed by atoms with Gasteiger partial charge in [0.25, 0.3) is 0 Å². The second kappa shape index (κ2) is 36.5. The Hall–Kier alpha value is -1.25. The van der Waals surface area contributed by atoms with Crippen LogP contribution < -0.4 is 5.73 Å². The molecule has 9 nitrogen and oxygen atoms in total. The van der Waals surface area contributed by atoms with Gasteiger partial charge in [-0.05, 0) is 38.5 Å². The Labute approximate surface area is 300 Å². The normalized spacial score (nSPS) is 13.5. The molecule has 10 heteroatoms. The van der Waals surface area contributed by atoms with Gasteiger partial charge < -0.3 is 20.1 Å². The maximum atomic E-state index is 12.5. The molecule has 0 radical (unpaired) electrons. The summed E-state index contributed by atoms with van der Waals surface area (Å²) >= 11 is 0. The van der Waals surface area contributed by atoms with Gasteiger partial charge in [-0.25, -0.2) is 4.57 Å². The lowest BCUT2D eigenvalue weighted by molar-refractivity contribution is -0.161. The minimum absolute atomic E-state index is 0.0550. The Bertz CT molecular complexity index is 825. The fourth-order valence-corrected chi connectivity index (χ4v) is 6.39. The van der Waals surface area contributed by atoms with Gasteiger partial charge in [0.05, 0.1) is 13.2 Å². The van der Waals surface area contributed by atoms with Crippen molar-refractivity contribution in [1.29, 1.82) is 0 Å². The Morgan fingerprint density at radius 2 is 1.00 bits per heavy atom. The van der Waals surface area contributed by atoms with Crippen LogP contribution in [0.3, 0.4) is 0 Å². The van der Waals surface area contributed by atoms with Crippen molar-refractivity contribution >= 4 is 19.8 Å². The van der Waals surface area contributed by atoms with Crippen LogP contribution in [-0.2, 0) is 32.7 Å². The molecule has 3 N–H and O–H groups in total. The first-order valence-corrected chi connectivity index (χ1v) is 21.7. The van der Waals surface area contributed by atoms with Crippen LogP contribution in [0.25, 0.3) is 0 Å². The molecule has 290 valence electrons. The van der Waals surface area contributed by atoms with Gasteiger partial charge in [-0.15, -0.1) is 0 Å². The Morgan fingerprint density at radius 1 is 0.592 bits per heavy atom. The summed E-state index contributed by atoms with van der Waals surface area (Å²) < 4.78 is 32.7. The third-order valence-corrected chi connectivity index (χ3v) is 9.64. The molecule has 0 heterocycles. The van der Waals surface area contributed by atoms with Gasteiger partial charge in [-0.2, -0.15) is 0 Å². The lowest BCUT2D eigenvalue weighted by Crippen LogP contribution is -2.29. The fourth-order valence-electron chi connectivity index (χ4n) is 5.63. The van der Waals surface area contributed by atoms with Gasteiger partial charge >= 0.3 is 19.8 Å². The van der Waals surface area contributed by atoms with E-state index in [-0.39, 0.29) is 38.6 Å². The van der Waals surface area contributed by atoms with E-state index in [1.54, 1.807) is 0 Å². The van der Waals surface area contributed by atoms with Crippen LogP contribution in [0.2, 0.25) is 0 Å². The average molecular weight is 718 g/mol. The molecule has 0 aromatic rings. The number of rotatable bonds is 38. The number of allylic oxidation sites excluding steroid dienone is 2. The quantitative estimate of drug-likeness (QED) is 0.0277. The maximum Gasteiger partial charge on any atom is 0.472 e. The SMILES string of the molecule is CCCCCCCC/C=C/CCCCCCCC(=O)OC[C@H](COP(=O)(O)OCCN)OC(=O)CCCCCCCCCCCCCCC. The van der Waals surface area contributed by atoms with Gasteiger partial charge in [0, 0.05) is 19.4 Å². The summed E-state index contributed by atoms with van der Waals surface area (Å²) in [5, 5.41) is 0. The molecular weight excluding hydrogens is 641 g/mol. The Balaban J connectivity index is 4.18. The van der Waals surface area contributed by atoms with Gasteiger partial charge in [-0.3, -0.25) is 18.6 Å². The number of hydrogen-bond donors (Lipinski definition) is 2. The molecule has 0 rings (SSSR count). The molecule has 0 saturated heterocycles. The van der Waals surface area contributed by atoms with Crippen LogP contribution in [-0.4, -0.2) is 49.3 Å². The minimum atomic E-state index is -4.37. The van der Waals surface area contributed by atoms with E-state index in [9.17, 15) is 19.0 Å². The number of phosphoric acid groups is 1. The molecule has 0 bridgehead atoms. The number of phosphoric ester groups is 1. The van der Waals surface area contributed by atoms with Gasteiger partial charge in [0.15, 0.2) is 6.10 Å². The van der Waals surface area contributed by atoms with E-state index in [4.69, 9.17) is 24.3 Å². The lowest BCUT2D eigenvalue weighted by Gasteiger charge is -2.19. The van der Waals surface area contributed by atoms with Crippen LogP contribution >= 0.6 is 7.82 Å². The van der Waals surface area contributed by atoms with E-state index in [0.717, 1.165) is 51.4 Å². The first-order chi connectivity index (χ1) is 23.8. The molecule has 0 aliphatic rings. The lowest BCUT2D eigenvalue weighted by atomic mass is 10.0. The largest absolute Gasteiger partial charge is 0.472 e. The molecule has 0 fully saturated rings. The maximum absolute atomic E-state index is 12.5. The second-order valence-electron chi connectivity index (χ2n) is 13.5. The number of nitrogens with two attached hydrogens (primary N) is 1. The molecule has 0 aliphatic carbocycles. The van der Waals surface area contributed by atoms with Gasteiger partial charge in [0.2, 0.25) is 0 Å². The van der Waals surface area contributed by atoms with Crippen molar-refractivity contribution in [2.45, 2.75) is 200 Å². The van der Waals surface area contributed by atoms with Crippen LogP contribution in [0.1, 0.15) is 194 Å². The number of esters is 2. The third-order valence-electron chi connectivity index (χ3n) is 8.65. The van der Waals surface area contributed by atoms with Crippen molar-refractivity contribution in [3.8, 4) is 0 Å². The molecule has 0 saturated carbocycles. The molecule has 0 aromatic heterocycles. The summed E-state index contributed by atoms with van der Waals surface area (Å²) in [7, 11) is -4.37. The third kappa shape index (κ3) is 36.3. The monoisotopic (exact) mass is 718 g/mol. The Kier molecular flexibility index (Phi) is 35.6. The highest BCUT2D eigenvalue weighted by molar-refractivity contribution is 7.47. The van der Waals surface area contributed by atoms with Crippen molar-refractivity contribution in [2.75, 3.05) is 26.4 Å². The summed E-state index contributed by atoms with van der Waals surface area (Å²) in [6.45, 7) is 3.73. The van der Waals surface area contributed by atoms with E-state index in [1.165, 1.54) is 109 Å². The molecule has 0 aliphatic heterocycles. The van der Waals surface area contributed by atoms with Crippen LogP contribution in [0.5, 0.6) is 0 Å². The number of hydrogen-bond acceptors (Lipinski definition) is 8. The topological polar surface area (TPSA) is 134 Å². The Morgan fingerprint density at radius 3 is 1.45 bits per heavy atom. The van der Waals surface area contributed by atoms with Gasteiger partial charge in [0.1, 0.15) is 6.61 Å². The molecule has 1 unspecified atom stereocenters. The first kappa shape index (κ1) is 47.8. The molecule has 0 spiro atoms. The molecule has 2 atom stereocenters. The highest BCUT2D eigenvalue weighted by atomic mass is 31.2. The molecule has 0 amide bonds. The molecule has 0 aromatic carbocycles. The zero-order valence-electron chi connectivity index (χ0n) is 31.7. The summed E-state index contributed by atoms with van der Waals surface area (Å²) in [5.74, 6) is -0.831. The van der Waals surface area contributed by atoms with Crippen molar-refractivity contribution in [3.63, 3.8) is 0 Å². The van der Waals surface area contributed by atoms with E-state index in [0.29, 0.717) is 6.42 Å². The van der Waals surface area contributed by atoms with Crippen LogP contribution in [0.4, 0.5) is 0 Å². The van der Waals surface area contributed by atoms with E-state index in [1.807, 2.05) is 0 Å². The van der Waals surface area contributed by atoms with E-state index < -0.39 is 26.5 Å². The second-order valence-corrected chi connectivity index (χ2v) is 15.0. The standard InChI is InChI=1S/C39H76NO8P/c1-3-5-7-9-11-13-15-17-18-20-21-23-25-27-29-31-38(41)45-35-37(36-47-49(43,44)46-34-33-40)48-39(42)32-30-28-26-24-22-19-16-14-12-10-8-6-4-2/h17-18,37H,3-16,19-36,40H2,1-2H3,(H,43,44)/b18-17+/t37-/m1/s1. The highest BCUT2D eigenvalue weighted by Crippen LogP contribution is 2.43. The summed E-state index contributed by atoms with van der Waals surface area (Å²) in [6, 6.07) is 0. The molecular formula is C39H76NO8P. The highest BCUT2D eigenvalue weighted by Gasteiger charge is 2.26. The van der Waals surface area contributed by atoms with Crippen LogP contribution in [0, 0.1) is 0 Å². The van der Waals surface area contributed by atoms with E-state index >= 15 is 0 Å². The fraction of sp³-hybridized carbons (Fsp3) is 0.897. The first-order valence-electron chi connectivity index (χ1n) is 20.2. The van der Waals surface area contributed by atoms with Crippen molar-refractivity contribution < 1.29 is 37.6 Å². The number of carbonyl (C=O) groups is 2. The van der Waals surface area contributed by atoms with Gasteiger partial charge in [-0.1, -0.05) is 154 Å². The summed E-state index contributed by atoms with van der Waals surface area (Å²) in [4.78, 5) is 34.7. The molecule has 49 heavy (non-hydrogen) atoms. The van der Waals surface area contributed by atoms with E-state index in [2.05, 4.69) is 26.0 Å². The number of carbonyl (C=O) groups excluding carboxylic acids is 2. The smallest absolute Gasteiger partial charge is 0.462 e. The minimum Gasteiger partial charge on any atom is -0.462 e. The zero-order chi connectivity index (χ0) is 36.1. The zero-order valence-corrected chi connectivity index (χ0v) is 32.6. The predicted octanol–water partition coefficient (Wildman–Crippen LogP) is 11.1. The average Bonchev–Trinajstić information content (AvgIpc) is 3.08. The van der Waals surface area contributed by atoms with Crippen LogP contribution in [0.15, 0.2) is 12.2 Å². The number of unbranched alkanes of at least 4 members (excludes halogenated alkanes) is 23. The summed E-state index contributed by atoms with van der Waals surface area (Å²) in [5.41, 5.74) is 5.33. The summed E-state index contributed by atoms with van der Waals surface area (Å²) in [6.07, 6.45) is 35.2. The van der Waals surface area contributed by atoms with Crippen molar-refractivity contribution in [3.05, 3.63) is 12.2 Å². The van der Waals surface area contributed by atoms with Crippen molar-refractivity contribution in [2.24, 2.45) is 5.73 Å². The predicted molar refractivity (Wildman–Crippen MR) is 201 cm³/mol. The number of ether oxygens (including phenoxy) is 2.